The summed E-state index contributed by atoms with van der Waals surface area (Å²) >= 11 is 0. The first-order chi connectivity index (χ1) is 5.76. The van der Waals surface area contributed by atoms with Crippen molar-refractivity contribution in [3.8, 4) is 12.1 Å². The van der Waals surface area contributed by atoms with E-state index in [0.29, 0.717) is 12.2 Å². The van der Waals surface area contributed by atoms with E-state index in [1.807, 2.05) is 25.1 Å². The number of furan rings is 1. The normalized spacial score (nSPS) is 9.33. The summed E-state index contributed by atoms with van der Waals surface area (Å²) in [5, 5.41) is 17.0. The van der Waals surface area contributed by atoms with Gasteiger partial charge in [0.2, 0.25) is 0 Å². The van der Waals surface area contributed by atoms with Crippen LogP contribution in [0, 0.1) is 35.5 Å². The quantitative estimate of drug-likeness (QED) is 0.662. The Kier molecular flexibility index (Phi) is 2.50. The van der Waals surface area contributed by atoms with E-state index in [2.05, 4.69) is 0 Å². The second-order valence-corrected chi connectivity index (χ2v) is 2.53. The Bertz CT molecular complexity index is 326. The lowest BCUT2D eigenvalue weighted by molar-refractivity contribution is 0.474. The molecule has 0 unspecified atom stereocenters. The summed E-state index contributed by atoms with van der Waals surface area (Å²) < 4.78 is 5.22. The van der Waals surface area contributed by atoms with Crippen molar-refractivity contribution in [1.82, 2.24) is 0 Å². The zero-order valence-electron chi connectivity index (χ0n) is 6.74. The molecular weight excluding hydrogens is 152 g/mol. The SMILES string of the molecule is Cc1ccc(CC(C#N)C#N)o1. The highest BCUT2D eigenvalue weighted by Crippen LogP contribution is 2.11. The molecule has 0 aromatic carbocycles. The van der Waals surface area contributed by atoms with Crippen LogP contribution in [0.25, 0.3) is 0 Å². The minimum Gasteiger partial charge on any atom is -0.466 e. The summed E-state index contributed by atoms with van der Waals surface area (Å²) in [6, 6.07) is 7.39. The zero-order valence-corrected chi connectivity index (χ0v) is 6.74. The molecule has 0 saturated carbocycles. The number of nitrogens with zero attached hydrogens (tertiary/aromatic N) is 2. The smallest absolute Gasteiger partial charge is 0.140 e. The van der Waals surface area contributed by atoms with Gasteiger partial charge >= 0.3 is 0 Å². The molecule has 0 aliphatic rings. The van der Waals surface area contributed by atoms with E-state index in [9.17, 15) is 0 Å². The monoisotopic (exact) mass is 160 g/mol. The van der Waals surface area contributed by atoms with Crippen molar-refractivity contribution in [3.05, 3.63) is 23.7 Å². The lowest BCUT2D eigenvalue weighted by atomic mass is 10.1. The third-order valence-corrected chi connectivity index (χ3v) is 1.51. The predicted octanol–water partition coefficient (Wildman–Crippen LogP) is 1.79. The van der Waals surface area contributed by atoms with Gasteiger partial charge in [0.05, 0.1) is 12.1 Å². The average Bonchev–Trinajstić information content (AvgIpc) is 2.47. The van der Waals surface area contributed by atoms with Gasteiger partial charge in [-0.3, -0.25) is 0 Å². The molecule has 12 heavy (non-hydrogen) atoms. The van der Waals surface area contributed by atoms with Gasteiger partial charge in [-0.1, -0.05) is 0 Å². The van der Waals surface area contributed by atoms with Crippen molar-refractivity contribution >= 4 is 0 Å². The molecule has 0 atom stereocenters. The van der Waals surface area contributed by atoms with Gasteiger partial charge in [-0.15, -0.1) is 0 Å². The van der Waals surface area contributed by atoms with Gasteiger partial charge in [0, 0.05) is 6.42 Å². The summed E-state index contributed by atoms with van der Waals surface area (Å²) in [6.45, 7) is 1.83. The van der Waals surface area contributed by atoms with Crippen molar-refractivity contribution in [2.24, 2.45) is 5.92 Å². The Morgan fingerprint density at radius 1 is 1.42 bits per heavy atom. The Balaban J connectivity index is 2.66. The molecule has 1 aromatic heterocycles. The number of aryl methyl sites for hydroxylation is 1. The van der Waals surface area contributed by atoms with Crippen LogP contribution >= 0.6 is 0 Å². The lowest BCUT2D eigenvalue weighted by Gasteiger charge is -1.94. The largest absolute Gasteiger partial charge is 0.466 e. The molecule has 0 N–H and O–H groups in total. The second kappa shape index (κ2) is 3.59. The van der Waals surface area contributed by atoms with Crippen molar-refractivity contribution in [2.45, 2.75) is 13.3 Å². The summed E-state index contributed by atoms with van der Waals surface area (Å²) in [4.78, 5) is 0. The first-order valence-electron chi connectivity index (χ1n) is 3.61. The average molecular weight is 160 g/mol. The van der Waals surface area contributed by atoms with Gasteiger partial charge in [-0.25, -0.2) is 0 Å². The van der Waals surface area contributed by atoms with Gasteiger partial charge in [0.15, 0.2) is 0 Å². The van der Waals surface area contributed by atoms with Crippen LogP contribution < -0.4 is 0 Å². The molecule has 0 radical (unpaired) electrons. The number of hydrogen-bond acceptors (Lipinski definition) is 3. The number of rotatable bonds is 2. The van der Waals surface area contributed by atoms with E-state index in [4.69, 9.17) is 14.9 Å². The van der Waals surface area contributed by atoms with Crippen LogP contribution in [0.2, 0.25) is 0 Å². The fourth-order valence-corrected chi connectivity index (χ4v) is 0.916. The molecule has 1 rings (SSSR count). The molecular formula is C9H8N2O. The van der Waals surface area contributed by atoms with Crippen LogP contribution in [0.15, 0.2) is 16.5 Å². The highest BCUT2D eigenvalue weighted by Gasteiger charge is 2.08. The molecule has 3 heteroatoms. The van der Waals surface area contributed by atoms with Crippen LogP contribution in [0.1, 0.15) is 11.5 Å². The fraction of sp³-hybridized carbons (Fsp3) is 0.333. The topological polar surface area (TPSA) is 60.7 Å². The van der Waals surface area contributed by atoms with E-state index >= 15 is 0 Å². The third kappa shape index (κ3) is 1.87. The minimum atomic E-state index is -0.601. The Hall–Kier alpha value is -1.74. The lowest BCUT2D eigenvalue weighted by Crippen LogP contribution is -1.96. The van der Waals surface area contributed by atoms with Crippen LogP contribution in [-0.4, -0.2) is 0 Å². The van der Waals surface area contributed by atoms with E-state index in [1.165, 1.54) is 0 Å². The number of hydrogen-bond donors (Lipinski definition) is 0. The van der Waals surface area contributed by atoms with Gasteiger partial charge in [0.25, 0.3) is 0 Å². The molecule has 1 heterocycles. The molecule has 3 nitrogen and oxygen atoms in total. The summed E-state index contributed by atoms with van der Waals surface area (Å²) in [5.41, 5.74) is 0. The number of nitriles is 2. The third-order valence-electron chi connectivity index (χ3n) is 1.51. The summed E-state index contributed by atoms with van der Waals surface area (Å²) in [5.74, 6) is 0.899. The molecule has 60 valence electrons. The predicted molar refractivity (Wildman–Crippen MR) is 41.9 cm³/mol. The van der Waals surface area contributed by atoms with E-state index in [0.717, 1.165) is 5.76 Å². The molecule has 0 bridgehead atoms. The second-order valence-electron chi connectivity index (χ2n) is 2.53. The van der Waals surface area contributed by atoms with Gasteiger partial charge < -0.3 is 4.42 Å². The summed E-state index contributed by atoms with van der Waals surface area (Å²) in [7, 11) is 0. The van der Waals surface area contributed by atoms with E-state index in [-0.39, 0.29) is 0 Å². The maximum Gasteiger partial charge on any atom is 0.140 e. The van der Waals surface area contributed by atoms with Gasteiger partial charge in [0.1, 0.15) is 17.4 Å². The van der Waals surface area contributed by atoms with Crippen LogP contribution in [-0.2, 0) is 6.42 Å². The molecule has 0 saturated heterocycles. The highest BCUT2D eigenvalue weighted by atomic mass is 16.3. The Morgan fingerprint density at radius 2 is 2.08 bits per heavy atom. The maximum atomic E-state index is 8.48. The van der Waals surface area contributed by atoms with Crippen molar-refractivity contribution < 1.29 is 4.42 Å². The first kappa shape index (κ1) is 8.36. The van der Waals surface area contributed by atoms with Crippen LogP contribution in [0.3, 0.4) is 0 Å². The van der Waals surface area contributed by atoms with Crippen molar-refractivity contribution in [1.29, 1.82) is 10.5 Å². The zero-order chi connectivity index (χ0) is 8.97. The van der Waals surface area contributed by atoms with Crippen molar-refractivity contribution in [2.75, 3.05) is 0 Å². The molecule has 0 spiro atoms. The molecule has 0 aliphatic carbocycles. The Labute approximate surface area is 70.8 Å². The fourth-order valence-electron chi connectivity index (χ4n) is 0.916. The first-order valence-corrected chi connectivity index (χ1v) is 3.61. The molecule has 0 fully saturated rings. The molecule has 0 aliphatic heterocycles. The standard InChI is InChI=1S/C9H8N2O/c1-7-2-3-9(12-7)4-8(5-10)6-11/h2-3,8H,4H2,1H3. The van der Waals surface area contributed by atoms with E-state index < -0.39 is 5.92 Å². The van der Waals surface area contributed by atoms with Gasteiger partial charge in [-0.05, 0) is 19.1 Å². The summed E-state index contributed by atoms with van der Waals surface area (Å²) in [6.07, 6.45) is 0.376. The highest BCUT2D eigenvalue weighted by molar-refractivity contribution is 5.11. The Morgan fingerprint density at radius 3 is 2.50 bits per heavy atom. The van der Waals surface area contributed by atoms with Crippen LogP contribution in [0.5, 0.6) is 0 Å². The van der Waals surface area contributed by atoms with Crippen molar-refractivity contribution in [3.63, 3.8) is 0 Å². The van der Waals surface area contributed by atoms with E-state index in [1.54, 1.807) is 6.07 Å². The molecule has 1 aromatic rings. The maximum absolute atomic E-state index is 8.48. The molecule has 0 amide bonds. The van der Waals surface area contributed by atoms with Crippen LogP contribution in [0.4, 0.5) is 0 Å². The van der Waals surface area contributed by atoms with Gasteiger partial charge in [-0.2, -0.15) is 10.5 Å². The minimum absolute atomic E-state index is 0.376.